The van der Waals surface area contributed by atoms with Gasteiger partial charge in [0.1, 0.15) is 5.60 Å². The van der Waals surface area contributed by atoms with Crippen molar-refractivity contribution in [2.75, 3.05) is 11.5 Å². The maximum Gasteiger partial charge on any atom is 0.241 e. The van der Waals surface area contributed by atoms with E-state index in [1.54, 1.807) is 43.3 Å². The van der Waals surface area contributed by atoms with Gasteiger partial charge in [-0.1, -0.05) is 35.9 Å². The zero-order chi connectivity index (χ0) is 15.7. The van der Waals surface area contributed by atoms with E-state index < -0.39 is 23.0 Å². The molecule has 22 heavy (non-hydrogen) atoms. The maximum absolute atomic E-state index is 12.9. The number of hydrogen-bond acceptors (Lipinski definition) is 4. The lowest BCUT2D eigenvalue weighted by atomic mass is 9.73. The average molecular weight is 320 g/mol. The lowest BCUT2D eigenvalue weighted by molar-refractivity contribution is -0.131. The summed E-state index contributed by atoms with van der Waals surface area (Å²) in [4.78, 5) is 26.9. The van der Waals surface area contributed by atoms with Gasteiger partial charge in [-0.2, -0.15) is 0 Å². The molecule has 1 aromatic rings. The molecule has 6 heteroatoms. The normalized spacial score (nSPS) is 39.0. The minimum Gasteiger partial charge on any atom is -0.393 e. The van der Waals surface area contributed by atoms with Crippen LogP contribution in [0.25, 0.3) is 0 Å². The number of anilines is 1. The van der Waals surface area contributed by atoms with Gasteiger partial charge < -0.3 is 9.84 Å². The van der Waals surface area contributed by atoms with Crippen LogP contribution < -0.4 is 4.90 Å². The molecule has 3 aliphatic rings. The fourth-order valence-corrected chi connectivity index (χ4v) is 4.13. The third-order valence-corrected chi connectivity index (χ3v) is 5.22. The molecular weight excluding hydrogens is 306 g/mol. The summed E-state index contributed by atoms with van der Waals surface area (Å²) in [5.74, 6) is -2.04. The predicted octanol–water partition coefficient (Wildman–Crippen LogP) is 1.54. The highest BCUT2D eigenvalue weighted by Crippen LogP contribution is 2.57. The van der Waals surface area contributed by atoms with Crippen LogP contribution in [0, 0.1) is 11.8 Å². The Morgan fingerprint density at radius 1 is 1.23 bits per heavy atom. The molecule has 0 radical (unpaired) electrons. The summed E-state index contributed by atoms with van der Waals surface area (Å²) < 4.78 is 5.86. The molecule has 114 valence electrons. The highest BCUT2D eigenvalue weighted by molar-refractivity contribution is 6.36. The Balaban J connectivity index is 1.84. The van der Waals surface area contributed by atoms with Crippen LogP contribution in [0.4, 0.5) is 5.69 Å². The molecule has 5 nitrogen and oxygen atoms in total. The van der Waals surface area contributed by atoms with E-state index in [4.69, 9.17) is 16.3 Å². The van der Waals surface area contributed by atoms with Gasteiger partial charge in [0, 0.05) is 0 Å². The third kappa shape index (κ3) is 1.46. The summed E-state index contributed by atoms with van der Waals surface area (Å²) >= 11 is 6.14. The number of para-hydroxylation sites is 1. The van der Waals surface area contributed by atoms with Gasteiger partial charge in [-0.25, -0.2) is 4.90 Å². The summed E-state index contributed by atoms with van der Waals surface area (Å²) in [5, 5.41) is 10.1. The Morgan fingerprint density at radius 2 is 1.91 bits per heavy atom. The first kappa shape index (κ1) is 13.9. The highest BCUT2D eigenvalue weighted by Gasteiger charge is 2.72. The van der Waals surface area contributed by atoms with E-state index in [0.29, 0.717) is 10.7 Å². The first-order valence-corrected chi connectivity index (χ1v) is 7.45. The number of imide groups is 1. The van der Waals surface area contributed by atoms with Gasteiger partial charge in [0.2, 0.25) is 11.8 Å². The van der Waals surface area contributed by atoms with Crippen LogP contribution in [0.15, 0.2) is 36.4 Å². The van der Waals surface area contributed by atoms with Crippen molar-refractivity contribution >= 4 is 29.1 Å². The number of carbonyl (C=O) groups is 2. The molecule has 0 saturated carbocycles. The zero-order valence-electron chi connectivity index (χ0n) is 11.8. The van der Waals surface area contributed by atoms with Crippen LogP contribution in [-0.2, 0) is 14.3 Å². The number of rotatable bonds is 2. The molecule has 2 amide bonds. The van der Waals surface area contributed by atoms with Crippen molar-refractivity contribution in [3.8, 4) is 0 Å². The first-order chi connectivity index (χ1) is 10.4. The second-order valence-corrected chi connectivity index (χ2v) is 6.56. The fourth-order valence-electron chi connectivity index (χ4n) is 3.91. The van der Waals surface area contributed by atoms with E-state index in [1.807, 2.05) is 0 Å². The van der Waals surface area contributed by atoms with Crippen molar-refractivity contribution in [3.05, 3.63) is 41.4 Å². The molecule has 0 aromatic heterocycles. The second-order valence-electron chi connectivity index (χ2n) is 6.15. The van der Waals surface area contributed by atoms with Gasteiger partial charge in [-0.3, -0.25) is 9.59 Å². The molecule has 2 saturated heterocycles. The number of benzene rings is 1. The second kappa shape index (κ2) is 4.19. The van der Waals surface area contributed by atoms with Gasteiger partial charge in [-0.15, -0.1) is 0 Å². The molecule has 2 fully saturated rings. The summed E-state index contributed by atoms with van der Waals surface area (Å²) in [6.45, 7) is 1.43. The van der Waals surface area contributed by atoms with E-state index >= 15 is 0 Å². The standard InChI is InChI=1S/C16H14ClNO4/c1-15-6-7-16(8-19,22-15)12-11(15)13(20)18(14(12)21)10-5-3-2-4-9(10)17/h2-7,11-12,19H,8H2,1H3/t11-,12+,15+,16-/m1/s1. The molecule has 0 spiro atoms. The minimum absolute atomic E-state index is 0.328. The number of ether oxygens (including phenoxy) is 1. The zero-order valence-corrected chi connectivity index (χ0v) is 12.6. The van der Waals surface area contributed by atoms with Crippen LogP contribution in [-0.4, -0.2) is 34.7 Å². The maximum atomic E-state index is 12.9. The van der Waals surface area contributed by atoms with Gasteiger partial charge in [0.15, 0.2) is 0 Å². The smallest absolute Gasteiger partial charge is 0.241 e. The summed E-state index contributed by atoms with van der Waals surface area (Å²) in [7, 11) is 0. The van der Waals surface area contributed by atoms with E-state index in [9.17, 15) is 14.7 Å². The van der Waals surface area contributed by atoms with Crippen LogP contribution in [0.2, 0.25) is 5.02 Å². The molecule has 1 aromatic carbocycles. The summed E-state index contributed by atoms with van der Waals surface area (Å²) in [5.41, 5.74) is -1.59. The fraction of sp³-hybridized carbons (Fsp3) is 0.375. The van der Waals surface area contributed by atoms with E-state index in [-0.39, 0.29) is 18.4 Å². The monoisotopic (exact) mass is 319 g/mol. The van der Waals surface area contributed by atoms with Crippen molar-refractivity contribution < 1.29 is 19.4 Å². The molecule has 4 atom stereocenters. The van der Waals surface area contributed by atoms with Crippen molar-refractivity contribution in [1.82, 2.24) is 0 Å². The van der Waals surface area contributed by atoms with Crippen LogP contribution in [0.1, 0.15) is 6.92 Å². The van der Waals surface area contributed by atoms with Crippen LogP contribution in [0.5, 0.6) is 0 Å². The lowest BCUT2D eigenvalue weighted by Gasteiger charge is -2.27. The molecule has 4 rings (SSSR count). The largest absolute Gasteiger partial charge is 0.393 e. The highest BCUT2D eigenvalue weighted by atomic mass is 35.5. The van der Waals surface area contributed by atoms with E-state index in [2.05, 4.69) is 0 Å². The Morgan fingerprint density at radius 3 is 2.59 bits per heavy atom. The lowest BCUT2D eigenvalue weighted by Crippen LogP contribution is -2.43. The number of hydrogen-bond donors (Lipinski definition) is 1. The number of fused-ring (bicyclic) bond motifs is 5. The number of amides is 2. The summed E-state index contributed by atoms with van der Waals surface area (Å²) in [6.07, 6.45) is 3.47. The Bertz CT molecular complexity index is 733. The summed E-state index contributed by atoms with van der Waals surface area (Å²) in [6, 6.07) is 6.74. The van der Waals surface area contributed by atoms with Crippen molar-refractivity contribution in [3.63, 3.8) is 0 Å². The molecule has 1 N–H and O–H groups in total. The average Bonchev–Trinajstić information content (AvgIpc) is 3.07. The number of carbonyl (C=O) groups excluding carboxylic acids is 2. The molecule has 3 heterocycles. The van der Waals surface area contributed by atoms with Crippen molar-refractivity contribution in [2.24, 2.45) is 11.8 Å². The minimum atomic E-state index is -1.11. The van der Waals surface area contributed by atoms with Crippen LogP contribution >= 0.6 is 11.6 Å². The molecule has 0 unspecified atom stereocenters. The third-order valence-electron chi connectivity index (χ3n) is 4.90. The SMILES string of the molecule is C[C@@]12C=C[C@](CO)(O1)[C@@H]1C(=O)N(c3ccccc3Cl)C(=O)[C@@H]12. The van der Waals surface area contributed by atoms with Gasteiger partial charge in [0.25, 0.3) is 0 Å². The van der Waals surface area contributed by atoms with Gasteiger partial charge in [0.05, 0.1) is 34.8 Å². The van der Waals surface area contributed by atoms with E-state index in [1.165, 1.54) is 0 Å². The van der Waals surface area contributed by atoms with Crippen molar-refractivity contribution in [1.29, 1.82) is 0 Å². The number of halogens is 1. The Hall–Kier alpha value is -1.69. The molecule has 3 aliphatic heterocycles. The Kier molecular flexibility index (Phi) is 2.65. The van der Waals surface area contributed by atoms with Gasteiger partial charge >= 0.3 is 0 Å². The van der Waals surface area contributed by atoms with Crippen LogP contribution in [0.3, 0.4) is 0 Å². The van der Waals surface area contributed by atoms with Gasteiger partial charge in [-0.05, 0) is 19.1 Å². The number of nitrogens with zero attached hydrogens (tertiary/aromatic N) is 1. The number of aliphatic hydroxyl groups excluding tert-OH is 1. The predicted molar refractivity (Wildman–Crippen MR) is 79.4 cm³/mol. The molecular formula is C16H14ClNO4. The quantitative estimate of drug-likeness (QED) is 0.663. The van der Waals surface area contributed by atoms with E-state index in [0.717, 1.165) is 4.90 Å². The Labute approximate surface area is 132 Å². The van der Waals surface area contributed by atoms with Crippen molar-refractivity contribution in [2.45, 2.75) is 18.1 Å². The first-order valence-electron chi connectivity index (χ1n) is 7.07. The molecule has 0 aliphatic carbocycles. The number of aliphatic hydroxyl groups is 1. The topological polar surface area (TPSA) is 66.8 Å². The molecule has 2 bridgehead atoms.